The third-order valence-corrected chi connectivity index (χ3v) is 3.66. The van der Waals surface area contributed by atoms with E-state index in [0.29, 0.717) is 12.3 Å². The molecule has 0 aliphatic rings. The Morgan fingerprint density at radius 3 is 2.57 bits per heavy atom. The van der Waals surface area contributed by atoms with E-state index in [9.17, 15) is 5.11 Å². The average molecular weight is 315 g/mol. The van der Waals surface area contributed by atoms with Gasteiger partial charge in [-0.15, -0.1) is 0 Å². The molecule has 0 bridgehead atoms. The minimum absolute atomic E-state index is 0.293. The van der Waals surface area contributed by atoms with Crippen molar-refractivity contribution in [2.45, 2.75) is 13.1 Å². The molecule has 23 heavy (non-hydrogen) atoms. The van der Waals surface area contributed by atoms with Gasteiger partial charge >= 0.3 is 0 Å². The second-order valence-electron chi connectivity index (χ2n) is 5.83. The Balaban J connectivity index is 2.13. The van der Waals surface area contributed by atoms with Crippen LogP contribution in [0.2, 0.25) is 0 Å². The highest BCUT2D eigenvalue weighted by Gasteiger charge is 2.12. The van der Waals surface area contributed by atoms with Crippen molar-refractivity contribution in [1.29, 1.82) is 0 Å². The van der Waals surface area contributed by atoms with E-state index in [0.717, 1.165) is 36.6 Å². The zero-order chi connectivity index (χ0) is 16.7. The van der Waals surface area contributed by atoms with Crippen molar-refractivity contribution in [3.8, 4) is 11.5 Å². The van der Waals surface area contributed by atoms with Gasteiger partial charge in [-0.25, -0.2) is 0 Å². The van der Waals surface area contributed by atoms with Crippen LogP contribution >= 0.6 is 0 Å². The van der Waals surface area contributed by atoms with Crippen LogP contribution in [0.3, 0.4) is 0 Å². The fourth-order valence-corrected chi connectivity index (χ4v) is 2.33. The van der Waals surface area contributed by atoms with Gasteiger partial charge in [0, 0.05) is 37.9 Å². The van der Waals surface area contributed by atoms with E-state index in [1.54, 1.807) is 19.2 Å². The smallest absolute Gasteiger partial charge is 0.120 e. The van der Waals surface area contributed by atoms with Crippen LogP contribution in [0.1, 0.15) is 11.3 Å². The van der Waals surface area contributed by atoms with Crippen LogP contribution in [-0.4, -0.2) is 54.2 Å². The van der Waals surface area contributed by atoms with Gasteiger partial charge in [0.05, 0.1) is 12.8 Å². The van der Waals surface area contributed by atoms with E-state index in [2.05, 4.69) is 28.9 Å². The first-order valence-electron chi connectivity index (χ1n) is 7.71. The number of phenols is 1. The van der Waals surface area contributed by atoms with Gasteiger partial charge < -0.3 is 14.7 Å². The van der Waals surface area contributed by atoms with Crippen molar-refractivity contribution in [2.24, 2.45) is 0 Å². The lowest BCUT2D eigenvalue weighted by atomic mass is 10.1. The molecule has 0 atom stereocenters. The van der Waals surface area contributed by atoms with Crippen LogP contribution in [0.25, 0.3) is 0 Å². The molecule has 0 saturated carbocycles. The molecule has 0 radical (unpaired) electrons. The molecule has 2 rings (SSSR count). The molecule has 124 valence electrons. The van der Waals surface area contributed by atoms with Gasteiger partial charge in [0.15, 0.2) is 0 Å². The highest BCUT2D eigenvalue weighted by molar-refractivity contribution is 5.39. The lowest BCUT2D eigenvalue weighted by Crippen LogP contribution is -2.31. The summed E-state index contributed by atoms with van der Waals surface area (Å²) in [7, 11) is 5.75. The predicted octanol–water partition coefficient (Wildman–Crippen LogP) is 2.36. The molecule has 2 aromatic rings. The van der Waals surface area contributed by atoms with Crippen LogP contribution in [0.4, 0.5) is 0 Å². The predicted molar refractivity (Wildman–Crippen MR) is 91.6 cm³/mol. The molecular formula is C18H25N3O2. The monoisotopic (exact) mass is 315 g/mol. The fraction of sp³-hybridized carbons (Fsp3) is 0.389. The van der Waals surface area contributed by atoms with E-state index in [4.69, 9.17) is 4.74 Å². The molecular weight excluding hydrogens is 290 g/mol. The van der Waals surface area contributed by atoms with Crippen LogP contribution in [-0.2, 0) is 13.1 Å². The van der Waals surface area contributed by atoms with E-state index in [-0.39, 0.29) is 0 Å². The van der Waals surface area contributed by atoms with E-state index in [1.807, 2.05) is 30.5 Å². The van der Waals surface area contributed by atoms with Crippen molar-refractivity contribution >= 4 is 0 Å². The molecule has 0 spiro atoms. The number of phenolic OH excluding ortho intramolecular Hbond substituents is 1. The van der Waals surface area contributed by atoms with Gasteiger partial charge in [0.1, 0.15) is 11.5 Å². The van der Waals surface area contributed by atoms with E-state index >= 15 is 0 Å². The first-order valence-corrected chi connectivity index (χ1v) is 7.71. The van der Waals surface area contributed by atoms with Gasteiger partial charge in [0.25, 0.3) is 0 Å². The lowest BCUT2D eigenvalue weighted by molar-refractivity contribution is 0.221. The number of aromatic hydroxyl groups is 1. The number of hydrogen-bond acceptors (Lipinski definition) is 5. The summed E-state index contributed by atoms with van der Waals surface area (Å²) in [5.41, 5.74) is 1.88. The Hall–Kier alpha value is -2.11. The first-order chi connectivity index (χ1) is 11.1. The number of pyridine rings is 1. The maximum atomic E-state index is 10.1. The molecule has 1 heterocycles. The summed E-state index contributed by atoms with van der Waals surface area (Å²) < 4.78 is 5.26. The van der Waals surface area contributed by atoms with Crippen LogP contribution < -0.4 is 4.74 Å². The number of likely N-dealkylation sites (N-methyl/N-ethyl adjacent to an activating group) is 1. The topological polar surface area (TPSA) is 48.8 Å². The van der Waals surface area contributed by atoms with Crippen molar-refractivity contribution in [2.75, 3.05) is 34.3 Å². The number of nitrogens with zero attached hydrogens (tertiary/aromatic N) is 3. The maximum absolute atomic E-state index is 10.1. The Morgan fingerprint density at radius 2 is 1.91 bits per heavy atom. The van der Waals surface area contributed by atoms with Crippen molar-refractivity contribution in [3.05, 3.63) is 53.9 Å². The summed E-state index contributed by atoms with van der Waals surface area (Å²) in [6.07, 6.45) is 1.81. The molecule has 5 heteroatoms. The fourth-order valence-electron chi connectivity index (χ4n) is 2.33. The van der Waals surface area contributed by atoms with Crippen molar-refractivity contribution in [3.63, 3.8) is 0 Å². The standard InChI is InChI=1S/C18H25N3O2/c1-20(2)10-11-21(14-16-6-4-5-9-19-16)13-15-12-17(23-3)7-8-18(15)22/h4-9,12,22H,10-11,13-14H2,1-3H3. The highest BCUT2D eigenvalue weighted by Crippen LogP contribution is 2.24. The molecule has 5 nitrogen and oxygen atoms in total. The summed E-state index contributed by atoms with van der Waals surface area (Å²) in [5, 5.41) is 10.1. The molecule has 0 aliphatic heterocycles. The average Bonchev–Trinajstić information content (AvgIpc) is 2.55. The van der Waals surface area contributed by atoms with Crippen LogP contribution in [0, 0.1) is 0 Å². The number of methoxy groups -OCH3 is 1. The minimum atomic E-state index is 0.293. The Morgan fingerprint density at radius 1 is 1.09 bits per heavy atom. The molecule has 0 aliphatic carbocycles. The summed E-state index contributed by atoms with van der Waals surface area (Å²) >= 11 is 0. The number of ether oxygens (including phenoxy) is 1. The zero-order valence-electron chi connectivity index (χ0n) is 14.1. The molecule has 0 unspecified atom stereocenters. The second kappa shape index (κ2) is 8.50. The van der Waals surface area contributed by atoms with E-state index < -0.39 is 0 Å². The van der Waals surface area contributed by atoms with E-state index in [1.165, 1.54) is 0 Å². The van der Waals surface area contributed by atoms with Gasteiger partial charge in [0.2, 0.25) is 0 Å². The second-order valence-corrected chi connectivity index (χ2v) is 5.83. The third kappa shape index (κ3) is 5.54. The lowest BCUT2D eigenvalue weighted by Gasteiger charge is -2.24. The first kappa shape index (κ1) is 17.2. The summed E-state index contributed by atoms with van der Waals surface area (Å²) in [6, 6.07) is 11.3. The number of rotatable bonds is 8. The maximum Gasteiger partial charge on any atom is 0.120 e. The summed E-state index contributed by atoms with van der Waals surface area (Å²) in [6.45, 7) is 3.22. The quantitative estimate of drug-likeness (QED) is 0.810. The highest BCUT2D eigenvalue weighted by atomic mass is 16.5. The van der Waals surface area contributed by atoms with Crippen molar-refractivity contribution in [1.82, 2.24) is 14.8 Å². The van der Waals surface area contributed by atoms with Gasteiger partial charge in [-0.3, -0.25) is 9.88 Å². The number of hydrogen-bond donors (Lipinski definition) is 1. The molecule has 0 saturated heterocycles. The number of aromatic nitrogens is 1. The Bertz CT molecular complexity index is 602. The molecule has 1 aromatic heterocycles. The van der Waals surface area contributed by atoms with Crippen LogP contribution in [0.5, 0.6) is 11.5 Å². The molecule has 0 amide bonds. The SMILES string of the molecule is COc1ccc(O)c(CN(CCN(C)C)Cc2ccccn2)c1. The molecule has 1 N–H and O–H groups in total. The third-order valence-electron chi connectivity index (χ3n) is 3.66. The summed E-state index contributed by atoms with van der Waals surface area (Å²) in [4.78, 5) is 8.83. The van der Waals surface area contributed by atoms with Crippen molar-refractivity contribution < 1.29 is 9.84 Å². The molecule has 0 fully saturated rings. The Kier molecular flexibility index (Phi) is 6.38. The molecule has 1 aromatic carbocycles. The minimum Gasteiger partial charge on any atom is -0.508 e. The van der Waals surface area contributed by atoms with Crippen LogP contribution in [0.15, 0.2) is 42.6 Å². The van der Waals surface area contributed by atoms with Gasteiger partial charge in [-0.1, -0.05) is 6.07 Å². The zero-order valence-corrected chi connectivity index (χ0v) is 14.1. The summed E-state index contributed by atoms with van der Waals surface area (Å²) in [5.74, 6) is 1.05. The largest absolute Gasteiger partial charge is 0.508 e. The van der Waals surface area contributed by atoms with Gasteiger partial charge in [-0.05, 0) is 44.4 Å². The Labute approximate surface area is 138 Å². The normalized spacial score (nSPS) is 11.2. The number of benzene rings is 1. The van der Waals surface area contributed by atoms with Gasteiger partial charge in [-0.2, -0.15) is 0 Å².